The average Bonchev–Trinajstić information content (AvgIpc) is 3.32. The van der Waals surface area contributed by atoms with Crippen LogP contribution in [0.5, 0.6) is 0 Å². The van der Waals surface area contributed by atoms with Gasteiger partial charge in [-0.3, -0.25) is 4.79 Å². The molecule has 0 saturated carbocycles. The number of amides is 1. The summed E-state index contributed by atoms with van der Waals surface area (Å²) < 4.78 is 10.9. The summed E-state index contributed by atoms with van der Waals surface area (Å²) in [5.41, 5.74) is 3.35. The zero-order valence-corrected chi connectivity index (χ0v) is 15.2. The summed E-state index contributed by atoms with van der Waals surface area (Å²) in [4.78, 5) is 16.7. The first-order valence-electron chi connectivity index (χ1n) is 8.26. The molecule has 4 rings (SSSR count). The molecule has 7 heteroatoms. The van der Waals surface area contributed by atoms with Gasteiger partial charge >= 0.3 is 0 Å². The monoisotopic (exact) mass is 367 g/mol. The number of anilines is 1. The van der Waals surface area contributed by atoms with Gasteiger partial charge in [-0.15, -0.1) is 11.3 Å². The zero-order valence-electron chi connectivity index (χ0n) is 14.4. The highest BCUT2D eigenvalue weighted by molar-refractivity contribution is 7.14. The number of rotatable bonds is 5. The molecule has 0 aliphatic heterocycles. The van der Waals surface area contributed by atoms with Crippen molar-refractivity contribution in [1.82, 2.24) is 10.1 Å². The van der Waals surface area contributed by atoms with Gasteiger partial charge in [0.1, 0.15) is 17.0 Å². The van der Waals surface area contributed by atoms with Crippen LogP contribution in [0.25, 0.3) is 22.4 Å². The fourth-order valence-electron chi connectivity index (χ4n) is 2.83. The second-order valence-corrected chi connectivity index (χ2v) is 6.90. The summed E-state index contributed by atoms with van der Waals surface area (Å²) in [6.07, 6.45) is 0.942. The Morgan fingerprint density at radius 2 is 2.12 bits per heavy atom. The summed E-state index contributed by atoms with van der Waals surface area (Å²) in [5, 5.41) is 10.2. The molecular weight excluding hydrogens is 350 g/mol. The largest absolute Gasteiger partial charge is 0.454 e. The van der Waals surface area contributed by atoms with E-state index in [0.29, 0.717) is 29.4 Å². The van der Waals surface area contributed by atoms with Gasteiger partial charge in [0, 0.05) is 22.8 Å². The van der Waals surface area contributed by atoms with Crippen LogP contribution in [-0.2, 0) is 11.2 Å². The Kier molecular flexibility index (Phi) is 4.30. The predicted molar refractivity (Wildman–Crippen MR) is 100 cm³/mol. The van der Waals surface area contributed by atoms with Crippen molar-refractivity contribution in [1.29, 1.82) is 0 Å². The van der Waals surface area contributed by atoms with Gasteiger partial charge in [-0.2, -0.15) is 0 Å². The lowest BCUT2D eigenvalue weighted by Crippen LogP contribution is -2.12. The molecule has 4 aromatic rings. The summed E-state index contributed by atoms with van der Waals surface area (Å²) in [6, 6.07) is 9.76. The summed E-state index contributed by atoms with van der Waals surface area (Å²) in [7, 11) is 0. The maximum Gasteiger partial charge on any atom is 0.226 e. The standard InChI is InChI=1S/C19H17N3O3S/c1-11-14(12(2)25-22-11)7-8-18(23)21-19-20-15(10-26-19)17-9-13-5-3-4-6-16(13)24-17/h3-6,9-10H,7-8H2,1-2H3,(H,20,21,23). The number of hydrogen-bond acceptors (Lipinski definition) is 6. The molecule has 0 fully saturated rings. The molecule has 26 heavy (non-hydrogen) atoms. The number of para-hydroxylation sites is 1. The zero-order chi connectivity index (χ0) is 18.1. The molecule has 0 spiro atoms. The highest BCUT2D eigenvalue weighted by atomic mass is 32.1. The van der Waals surface area contributed by atoms with E-state index in [-0.39, 0.29) is 5.91 Å². The van der Waals surface area contributed by atoms with E-state index in [1.807, 2.05) is 49.6 Å². The highest BCUT2D eigenvalue weighted by Gasteiger charge is 2.14. The fraction of sp³-hybridized carbons (Fsp3) is 0.211. The molecule has 1 amide bonds. The third kappa shape index (κ3) is 3.25. The van der Waals surface area contributed by atoms with Crippen LogP contribution in [0.4, 0.5) is 5.13 Å². The minimum absolute atomic E-state index is 0.0875. The Hall–Kier alpha value is -2.93. The maximum absolute atomic E-state index is 12.2. The van der Waals surface area contributed by atoms with E-state index in [9.17, 15) is 4.79 Å². The molecule has 0 aliphatic carbocycles. The summed E-state index contributed by atoms with van der Waals surface area (Å²) in [6.45, 7) is 3.73. The third-order valence-electron chi connectivity index (χ3n) is 4.21. The molecule has 0 unspecified atom stereocenters. The molecule has 0 aliphatic rings. The number of aryl methyl sites for hydroxylation is 2. The molecule has 0 radical (unpaired) electrons. The van der Waals surface area contributed by atoms with Crippen molar-refractivity contribution < 1.29 is 13.7 Å². The number of hydrogen-bond donors (Lipinski definition) is 1. The molecule has 0 saturated heterocycles. The van der Waals surface area contributed by atoms with Crippen LogP contribution in [0.2, 0.25) is 0 Å². The minimum atomic E-state index is -0.0875. The topological polar surface area (TPSA) is 81.2 Å². The number of furan rings is 1. The van der Waals surface area contributed by atoms with Crippen LogP contribution in [-0.4, -0.2) is 16.0 Å². The van der Waals surface area contributed by atoms with Crippen molar-refractivity contribution in [3.05, 3.63) is 52.7 Å². The van der Waals surface area contributed by atoms with E-state index in [1.54, 1.807) is 0 Å². The van der Waals surface area contributed by atoms with Gasteiger partial charge in [0.15, 0.2) is 10.9 Å². The molecule has 0 bridgehead atoms. The van der Waals surface area contributed by atoms with E-state index in [1.165, 1.54) is 11.3 Å². The van der Waals surface area contributed by atoms with E-state index < -0.39 is 0 Å². The Balaban J connectivity index is 1.42. The molecule has 132 valence electrons. The van der Waals surface area contributed by atoms with E-state index in [4.69, 9.17) is 8.94 Å². The lowest BCUT2D eigenvalue weighted by molar-refractivity contribution is -0.116. The molecule has 1 N–H and O–H groups in total. The Labute approximate surface area is 153 Å². The van der Waals surface area contributed by atoms with Gasteiger partial charge in [-0.05, 0) is 32.4 Å². The minimum Gasteiger partial charge on any atom is -0.454 e. The summed E-state index contributed by atoms with van der Waals surface area (Å²) >= 11 is 1.38. The van der Waals surface area contributed by atoms with Crippen LogP contribution >= 0.6 is 11.3 Å². The van der Waals surface area contributed by atoms with Crippen LogP contribution in [0.15, 0.2) is 44.7 Å². The fourth-order valence-corrected chi connectivity index (χ4v) is 3.55. The number of fused-ring (bicyclic) bond motifs is 1. The molecule has 3 aromatic heterocycles. The van der Waals surface area contributed by atoms with Gasteiger partial charge < -0.3 is 14.3 Å². The number of carbonyl (C=O) groups is 1. The van der Waals surface area contributed by atoms with Crippen molar-refractivity contribution in [3.8, 4) is 11.5 Å². The van der Waals surface area contributed by atoms with Gasteiger partial charge in [-0.25, -0.2) is 4.98 Å². The second-order valence-electron chi connectivity index (χ2n) is 6.04. The van der Waals surface area contributed by atoms with E-state index >= 15 is 0 Å². The van der Waals surface area contributed by atoms with Crippen molar-refractivity contribution in [2.24, 2.45) is 0 Å². The number of nitrogens with zero attached hydrogens (tertiary/aromatic N) is 2. The Morgan fingerprint density at radius 3 is 2.88 bits per heavy atom. The van der Waals surface area contributed by atoms with Crippen LogP contribution in [0, 0.1) is 13.8 Å². The number of thiazole rings is 1. The van der Waals surface area contributed by atoms with Crippen molar-refractivity contribution in [3.63, 3.8) is 0 Å². The SMILES string of the molecule is Cc1noc(C)c1CCC(=O)Nc1nc(-c2cc3ccccc3o2)cs1. The average molecular weight is 367 g/mol. The molecular formula is C19H17N3O3S. The van der Waals surface area contributed by atoms with Crippen molar-refractivity contribution >= 4 is 33.3 Å². The second kappa shape index (κ2) is 6.76. The normalized spacial score (nSPS) is 11.2. The molecule has 0 atom stereocenters. The van der Waals surface area contributed by atoms with Gasteiger partial charge in [0.2, 0.25) is 5.91 Å². The van der Waals surface area contributed by atoms with Crippen molar-refractivity contribution in [2.45, 2.75) is 26.7 Å². The lowest BCUT2D eigenvalue weighted by Gasteiger charge is -2.01. The van der Waals surface area contributed by atoms with Crippen LogP contribution < -0.4 is 5.32 Å². The molecule has 3 heterocycles. The van der Waals surface area contributed by atoms with Gasteiger partial charge in [0.05, 0.1) is 5.69 Å². The first-order valence-corrected chi connectivity index (χ1v) is 9.14. The first-order chi connectivity index (χ1) is 12.6. The van der Waals surface area contributed by atoms with E-state index in [0.717, 1.165) is 28.0 Å². The van der Waals surface area contributed by atoms with Crippen LogP contribution in [0.1, 0.15) is 23.4 Å². The number of aromatic nitrogens is 2. The maximum atomic E-state index is 12.2. The Bertz CT molecular complexity index is 1020. The first kappa shape index (κ1) is 16.5. The highest BCUT2D eigenvalue weighted by Crippen LogP contribution is 2.30. The molecule has 1 aromatic carbocycles. The Morgan fingerprint density at radius 1 is 1.27 bits per heavy atom. The van der Waals surface area contributed by atoms with Gasteiger partial charge in [-0.1, -0.05) is 23.4 Å². The predicted octanol–water partition coefficient (Wildman–Crippen LogP) is 4.73. The summed E-state index contributed by atoms with van der Waals surface area (Å²) in [5.74, 6) is 1.37. The van der Waals surface area contributed by atoms with Crippen molar-refractivity contribution in [2.75, 3.05) is 5.32 Å². The number of benzene rings is 1. The van der Waals surface area contributed by atoms with E-state index in [2.05, 4.69) is 15.5 Å². The number of carbonyl (C=O) groups excluding carboxylic acids is 1. The lowest BCUT2D eigenvalue weighted by atomic mass is 10.1. The quantitative estimate of drug-likeness (QED) is 0.551. The van der Waals surface area contributed by atoms with Gasteiger partial charge in [0.25, 0.3) is 0 Å². The smallest absolute Gasteiger partial charge is 0.226 e. The third-order valence-corrected chi connectivity index (χ3v) is 4.97. The van der Waals surface area contributed by atoms with Crippen LogP contribution in [0.3, 0.4) is 0 Å². The molecule has 6 nitrogen and oxygen atoms in total. The number of nitrogens with one attached hydrogen (secondary N) is 1.